The molecule has 0 fully saturated rings. The zero-order valence-electron chi connectivity index (χ0n) is 12.1. The summed E-state index contributed by atoms with van der Waals surface area (Å²) < 4.78 is 20.0. The van der Waals surface area contributed by atoms with Crippen molar-refractivity contribution in [3.05, 3.63) is 58.6 Å². The number of carbonyl (C=O) groups excluding carboxylic acids is 1. The SMILES string of the molecule is CC(=O)c1ccc(Oc2ccc(Cl)cc2)cc1C(C)(C)F. The summed E-state index contributed by atoms with van der Waals surface area (Å²) in [5.41, 5.74) is -0.937. The van der Waals surface area contributed by atoms with E-state index in [9.17, 15) is 9.18 Å². The van der Waals surface area contributed by atoms with E-state index in [0.717, 1.165) is 0 Å². The van der Waals surface area contributed by atoms with E-state index in [4.69, 9.17) is 16.3 Å². The Morgan fingerprint density at radius 2 is 1.67 bits per heavy atom. The molecule has 0 bridgehead atoms. The maximum absolute atomic E-state index is 14.3. The molecule has 21 heavy (non-hydrogen) atoms. The Bertz CT molecular complexity index is 657. The van der Waals surface area contributed by atoms with Crippen molar-refractivity contribution in [1.82, 2.24) is 0 Å². The standard InChI is InChI=1S/C17H16ClFO2/c1-11(20)15-9-8-14(10-16(15)17(2,3)19)21-13-6-4-12(18)5-7-13/h4-10H,1-3H3. The van der Waals surface area contributed by atoms with E-state index in [0.29, 0.717) is 27.6 Å². The monoisotopic (exact) mass is 306 g/mol. The number of halogens is 2. The van der Waals surface area contributed by atoms with Gasteiger partial charge in [0.2, 0.25) is 0 Å². The average Bonchev–Trinajstić information content (AvgIpc) is 2.40. The van der Waals surface area contributed by atoms with Crippen molar-refractivity contribution in [1.29, 1.82) is 0 Å². The number of carbonyl (C=O) groups is 1. The van der Waals surface area contributed by atoms with Gasteiger partial charge in [-0.1, -0.05) is 11.6 Å². The van der Waals surface area contributed by atoms with Gasteiger partial charge in [0.1, 0.15) is 17.2 Å². The predicted octanol–water partition coefficient (Wildman–Crippen LogP) is 5.54. The van der Waals surface area contributed by atoms with Crippen molar-refractivity contribution in [3.8, 4) is 11.5 Å². The highest BCUT2D eigenvalue weighted by Crippen LogP contribution is 2.33. The van der Waals surface area contributed by atoms with Gasteiger partial charge < -0.3 is 4.74 Å². The summed E-state index contributed by atoms with van der Waals surface area (Å²) >= 11 is 5.81. The number of hydrogen-bond donors (Lipinski definition) is 0. The van der Waals surface area contributed by atoms with Crippen LogP contribution in [0.15, 0.2) is 42.5 Å². The molecule has 2 aromatic carbocycles. The summed E-state index contributed by atoms with van der Waals surface area (Å²) in [6, 6.07) is 11.7. The molecule has 2 nitrogen and oxygen atoms in total. The fourth-order valence-electron chi connectivity index (χ4n) is 2.02. The van der Waals surface area contributed by atoms with Crippen LogP contribution in [0.25, 0.3) is 0 Å². The van der Waals surface area contributed by atoms with Gasteiger partial charge in [-0.2, -0.15) is 0 Å². The Labute approximate surface area is 128 Å². The summed E-state index contributed by atoms with van der Waals surface area (Å²) in [5.74, 6) is 0.898. The maximum Gasteiger partial charge on any atom is 0.160 e. The van der Waals surface area contributed by atoms with Crippen LogP contribution >= 0.6 is 11.6 Å². The van der Waals surface area contributed by atoms with Gasteiger partial charge in [0.25, 0.3) is 0 Å². The van der Waals surface area contributed by atoms with E-state index in [-0.39, 0.29) is 5.78 Å². The van der Waals surface area contributed by atoms with Crippen molar-refractivity contribution in [2.45, 2.75) is 26.4 Å². The van der Waals surface area contributed by atoms with Crippen LogP contribution in [-0.4, -0.2) is 5.78 Å². The van der Waals surface area contributed by atoms with Crippen LogP contribution in [0.5, 0.6) is 11.5 Å². The molecular weight excluding hydrogens is 291 g/mol. The van der Waals surface area contributed by atoms with Gasteiger partial charge in [-0.3, -0.25) is 4.79 Å². The largest absolute Gasteiger partial charge is 0.457 e. The second-order valence-electron chi connectivity index (χ2n) is 5.29. The summed E-state index contributed by atoms with van der Waals surface area (Å²) in [5, 5.41) is 0.611. The van der Waals surface area contributed by atoms with E-state index in [2.05, 4.69) is 0 Å². The molecule has 0 unspecified atom stereocenters. The second-order valence-corrected chi connectivity index (χ2v) is 5.73. The van der Waals surface area contributed by atoms with Gasteiger partial charge in [0.15, 0.2) is 5.78 Å². The summed E-state index contributed by atoms with van der Waals surface area (Å²) in [4.78, 5) is 11.6. The number of ether oxygens (including phenoxy) is 1. The van der Waals surface area contributed by atoms with Gasteiger partial charge in [0, 0.05) is 16.1 Å². The minimum Gasteiger partial charge on any atom is -0.457 e. The normalized spacial score (nSPS) is 11.3. The number of rotatable bonds is 4. The third kappa shape index (κ3) is 3.82. The summed E-state index contributed by atoms with van der Waals surface area (Å²) in [6.45, 7) is 4.26. The lowest BCUT2D eigenvalue weighted by Crippen LogP contribution is -2.14. The highest BCUT2D eigenvalue weighted by atomic mass is 35.5. The van der Waals surface area contributed by atoms with E-state index < -0.39 is 5.67 Å². The first-order valence-electron chi connectivity index (χ1n) is 6.55. The molecular formula is C17H16ClFO2. The third-order valence-corrected chi connectivity index (χ3v) is 3.31. The molecule has 0 aromatic heterocycles. The predicted molar refractivity (Wildman–Crippen MR) is 82.1 cm³/mol. The van der Waals surface area contributed by atoms with Gasteiger partial charge >= 0.3 is 0 Å². The minimum atomic E-state index is -1.62. The smallest absolute Gasteiger partial charge is 0.160 e. The van der Waals surface area contributed by atoms with Crippen molar-refractivity contribution in [3.63, 3.8) is 0 Å². The van der Waals surface area contributed by atoms with Crippen molar-refractivity contribution < 1.29 is 13.9 Å². The highest BCUT2D eigenvalue weighted by Gasteiger charge is 2.25. The second kappa shape index (κ2) is 5.86. The molecule has 110 valence electrons. The van der Waals surface area contributed by atoms with E-state index >= 15 is 0 Å². The Hall–Kier alpha value is -1.87. The van der Waals surface area contributed by atoms with Crippen LogP contribution < -0.4 is 4.74 Å². The Balaban J connectivity index is 2.38. The molecule has 0 saturated heterocycles. The minimum absolute atomic E-state index is 0.172. The van der Waals surface area contributed by atoms with E-state index in [1.807, 2.05) is 0 Å². The summed E-state index contributed by atoms with van der Waals surface area (Å²) in [7, 11) is 0. The number of benzene rings is 2. The van der Waals surface area contributed by atoms with Gasteiger partial charge in [-0.05, 0) is 63.2 Å². The lowest BCUT2D eigenvalue weighted by molar-refractivity contribution is 0.101. The third-order valence-electron chi connectivity index (χ3n) is 3.06. The molecule has 0 amide bonds. The number of alkyl halides is 1. The molecule has 2 rings (SSSR count). The van der Waals surface area contributed by atoms with Gasteiger partial charge in [-0.15, -0.1) is 0 Å². The number of hydrogen-bond acceptors (Lipinski definition) is 2. The molecule has 4 heteroatoms. The van der Waals surface area contributed by atoms with Crippen molar-refractivity contribution >= 4 is 17.4 Å². The van der Waals surface area contributed by atoms with E-state index in [1.54, 1.807) is 42.5 Å². The van der Waals surface area contributed by atoms with Crippen LogP contribution in [0, 0.1) is 0 Å². The molecule has 0 saturated carbocycles. The lowest BCUT2D eigenvalue weighted by Gasteiger charge is -2.19. The summed E-state index contributed by atoms with van der Waals surface area (Å²) in [6.07, 6.45) is 0. The highest BCUT2D eigenvalue weighted by molar-refractivity contribution is 6.30. The van der Waals surface area contributed by atoms with E-state index in [1.165, 1.54) is 20.8 Å². The average molecular weight is 307 g/mol. The molecule has 0 heterocycles. The topological polar surface area (TPSA) is 26.3 Å². The Kier molecular flexibility index (Phi) is 4.33. The number of Topliss-reactive ketones (excluding diaryl/α,β-unsaturated/α-hetero) is 1. The van der Waals surface area contributed by atoms with Crippen LogP contribution in [0.3, 0.4) is 0 Å². The van der Waals surface area contributed by atoms with Gasteiger partial charge in [0.05, 0.1) is 0 Å². The van der Waals surface area contributed by atoms with Crippen molar-refractivity contribution in [2.75, 3.05) is 0 Å². The molecule has 0 N–H and O–H groups in total. The maximum atomic E-state index is 14.3. The quantitative estimate of drug-likeness (QED) is 0.693. The molecule has 0 radical (unpaired) electrons. The first-order valence-corrected chi connectivity index (χ1v) is 6.93. The first kappa shape index (κ1) is 15.5. The van der Waals surface area contributed by atoms with Gasteiger partial charge in [-0.25, -0.2) is 4.39 Å². The molecule has 0 atom stereocenters. The zero-order chi connectivity index (χ0) is 15.6. The Morgan fingerprint density at radius 1 is 1.10 bits per heavy atom. The first-order chi connectivity index (χ1) is 9.77. The van der Waals surface area contributed by atoms with Crippen LogP contribution in [0.4, 0.5) is 4.39 Å². The van der Waals surface area contributed by atoms with Crippen LogP contribution in [-0.2, 0) is 5.67 Å². The van der Waals surface area contributed by atoms with Crippen LogP contribution in [0.1, 0.15) is 36.7 Å². The van der Waals surface area contributed by atoms with Crippen molar-refractivity contribution in [2.24, 2.45) is 0 Å². The molecule has 2 aromatic rings. The molecule has 0 aliphatic heterocycles. The lowest BCUT2D eigenvalue weighted by atomic mass is 9.92. The molecule has 0 aliphatic rings. The fraction of sp³-hybridized carbons (Fsp3) is 0.235. The Morgan fingerprint density at radius 3 is 2.19 bits per heavy atom. The molecule has 0 aliphatic carbocycles. The zero-order valence-corrected chi connectivity index (χ0v) is 12.9. The number of ketones is 1. The molecule has 0 spiro atoms. The fourth-order valence-corrected chi connectivity index (χ4v) is 2.15. The van der Waals surface area contributed by atoms with Crippen LogP contribution in [0.2, 0.25) is 5.02 Å².